The highest BCUT2D eigenvalue weighted by Gasteiger charge is 2.29. The molecule has 0 saturated carbocycles. The molecule has 2 aromatic heterocycles. The van der Waals surface area contributed by atoms with Crippen LogP contribution in [0.4, 0.5) is 18.9 Å². The number of hydrogen-bond acceptors (Lipinski definition) is 4. The Hall–Kier alpha value is -1.34. The van der Waals surface area contributed by atoms with Crippen LogP contribution in [0, 0.1) is 0 Å². The summed E-state index contributed by atoms with van der Waals surface area (Å²) in [7, 11) is 2.10. The van der Waals surface area contributed by atoms with Gasteiger partial charge in [-0.3, -0.25) is 4.98 Å². The normalized spacial score (nSPS) is 18.0. The number of pyridine rings is 1. The van der Waals surface area contributed by atoms with Crippen LogP contribution >= 0.6 is 11.3 Å². The Kier molecular flexibility index (Phi) is 4.27. The molecule has 0 radical (unpaired) electrons. The molecule has 2 aromatic rings. The van der Waals surface area contributed by atoms with E-state index in [9.17, 15) is 13.2 Å². The van der Waals surface area contributed by atoms with Gasteiger partial charge in [-0.2, -0.15) is 13.2 Å². The topological polar surface area (TPSA) is 28.2 Å². The molecule has 1 aliphatic heterocycles. The largest absolute Gasteiger partial charge is 0.393 e. The molecule has 1 aliphatic rings. The third-order valence-corrected chi connectivity index (χ3v) is 5.05. The molecule has 3 rings (SSSR count). The minimum atomic E-state index is -4.20. The van der Waals surface area contributed by atoms with E-state index in [4.69, 9.17) is 0 Å². The molecule has 7 heteroatoms. The number of aromatic nitrogens is 1. The van der Waals surface area contributed by atoms with E-state index in [-0.39, 0.29) is 5.56 Å². The second-order valence-electron chi connectivity index (χ2n) is 5.81. The lowest BCUT2D eigenvalue weighted by Gasteiger charge is -2.30. The zero-order valence-electron chi connectivity index (χ0n) is 12.3. The average molecular weight is 329 g/mol. The van der Waals surface area contributed by atoms with E-state index in [0.29, 0.717) is 11.6 Å². The Balaban J connectivity index is 1.82. The van der Waals surface area contributed by atoms with Crippen molar-refractivity contribution < 1.29 is 13.2 Å². The minimum absolute atomic E-state index is 0.263. The van der Waals surface area contributed by atoms with Gasteiger partial charge in [0.1, 0.15) is 0 Å². The van der Waals surface area contributed by atoms with Crippen molar-refractivity contribution in [1.29, 1.82) is 0 Å². The second-order valence-corrected chi connectivity index (χ2v) is 6.69. The summed E-state index contributed by atoms with van der Waals surface area (Å²) >= 11 is 1.33. The predicted octanol–water partition coefficient (Wildman–Crippen LogP) is 3.91. The molecule has 0 atom stereocenters. The van der Waals surface area contributed by atoms with Crippen molar-refractivity contribution in [3.05, 3.63) is 23.2 Å². The summed E-state index contributed by atoms with van der Waals surface area (Å²) in [5, 5.41) is 5.06. The van der Waals surface area contributed by atoms with Crippen LogP contribution < -0.4 is 5.32 Å². The summed E-state index contributed by atoms with van der Waals surface area (Å²) in [5.74, 6) is 0. The molecule has 1 N–H and O–H groups in total. The monoisotopic (exact) mass is 329 g/mol. The van der Waals surface area contributed by atoms with Gasteiger partial charge in [-0.1, -0.05) is 0 Å². The van der Waals surface area contributed by atoms with Crippen molar-refractivity contribution in [2.75, 3.05) is 25.5 Å². The first-order valence-corrected chi connectivity index (χ1v) is 8.17. The SMILES string of the molecule is CN1CCC(Nc2ccnc3c(CC(F)(F)F)csc23)CC1. The van der Waals surface area contributed by atoms with Crippen molar-refractivity contribution in [3.8, 4) is 0 Å². The summed E-state index contributed by atoms with van der Waals surface area (Å²) < 4.78 is 38.7. The van der Waals surface area contributed by atoms with E-state index in [0.717, 1.165) is 36.3 Å². The number of anilines is 1. The van der Waals surface area contributed by atoms with Crippen LogP contribution in [0.15, 0.2) is 17.6 Å². The highest BCUT2D eigenvalue weighted by Crippen LogP contribution is 2.34. The van der Waals surface area contributed by atoms with E-state index in [1.54, 1.807) is 11.6 Å². The van der Waals surface area contributed by atoms with Crippen molar-refractivity contribution in [2.24, 2.45) is 0 Å². The van der Waals surface area contributed by atoms with Gasteiger partial charge in [-0.15, -0.1) is 11.3 Å². The summed E-state index contributed by atoms with van der Waals surface area (Å²) in [6, 6.07) is 2.23. The molecule has 0 aromatic carbocycles. The Morgan fingerprint density at radius 2 is 2.09 bits per heavy atom. The third kappa shape index (κ3) is 3.52. The standard InChI is InChI=1S/C15H18F3N3S/c1-21-6-3-11(4-7-21)20-12-2-5-19-13-10(8-15(16,17)18)9-22-14(12)13/h2,5,9,11H,3-4,6-8H2,1H3,(H,19,20). The number of alkyl halides is 3. The second kappa shape index (κ2) is 6.04. The molecular formula is C15H18F3N3S. The molecular weight excluding hydrogens is 311 g/mol. The van der Waals surface area contributed by atoms with Gasteiger partial charge in [-0.05, 0) is 50.0 Å². The van der Waals surface area contributed by atoms with E-state index in [1.165, 1.54) is 11.3 Å². The van der Waals surface area contributed by atoms with Gasteiger partial charge in [-0.25, -0.2) is 0 Å². The number of thiophene rings is 1. The molecule has 22 heavy (non-hydrogen) atoms. The van der Waals surface area contributed by atoms with Crippen LogP contribution in [0.3, 0.4) is 0 Å². The first kappa shape index (κ1) is 15.6. The summed E-state index contributed by atoms with van der Waals surface area (Å²) in [6.07, 6.45) is -1.45. The summed E-state index contributed by atoms with van der Waals surface area (Å²) in [4.78, 5) is 6.44. The molecule has 1 saturated heterocycles. The fraction of sp³-hybridized carbons (Fsp3) is 0.533. The van der Waals surface area contributed by atoms with Gasteiger partial charge in [0.2, 0.25) is 0 Å². The lowest BCUT2D eigenvalue weighted by atomic mass is 10.1. The maximum atomic E-state index is 12.6. The Morgan fingerprint density at radius 3 is 2.77 bits per heavy atom. The van der Waals surface area contributed by atoms with Crippen LogP contribution in [-0.2, 0) is 6.42 Å². The van der Waals surface area contributed by atoms with Crippen LogP contribution in [0.25, 0.3) is 10.2 Å². The minimum Gasteiger partial charge on any atom is -0.381 e. The van der Waals surface area contributed by atoms with Gasteiger partial charge >= 0.3 is 6.18 Å². The first-order valence-electron chi connectivity index (χ1n) is 7.29. The highest BCUT2D eigenvalue weighted by atomic mass is 32.1. The lowest BCUT2D eigenvalue weighted by molar-refractivity contribution is -0.126. The van der Waals surface area contributed by atoms with E-state index in [2.05, 4.69) is 22.2 Å². The van der Waals surface area contributed by atoms with Crippen molar-refractivity contribution in [3.63, 3.8) is 0 Å². The van der Waals surface area contributed by atoms with Crippen LogP contribution in [0.2, 0.25) is 0 Å². The fourth-order valence-corrected chi connectivity index (χ4v) is 3.81. The van der Waals surface area contributed by atoms with E-state index in [1.807, 2.05) is 6.07 Å². The van der Waals surface area contributed by atoms with Crippen molar-refractivity contribution in [1.82, 2.24) is 9.88 Å². The molecule has 0 bridgehead atoms. The number of halogens is 3. The van der Waals surface area contributed by atoms with E-state index >= 15 is 0 Å². The number of rotatable bonds is 3. The summed E-state index contributed by atoms with van der Waals surface area (Å²) in [5.41, 5.74) is 1.64. The number of nitrogens with one attached hydrogen (secondary N) is 1. The quantitative estimate of drug-likeness (QED) is 0.925. The van der Waals surface area contributed by atoms with Gasteiger partial charge in [0, 0.05) is 12.2 Å². The summed E-state index contributed by atoms with van der Waals surface area (Å²) in [6.45, 7) is 2.07. The zero-order chi connectivity index (χ0) is 15.7. The molecule has 120 valence electrons. The molecule has 0 amide bonds. The number of nitrogens with zero attached hydrogens (tertiary/aromatic N) is 2. The Morgan fingerprint density at radius 1 is 1.36 bits per heavy atom. The van der Waals surface area contributed by atoms with Gasteiger partial charge < -0.3 is 10.2 Å². The molecule has 1 fully saturated rings. The maximum absolute atomic E-state index is 12.6. The predicted molar refractivity (Wildman–Crippen MR) is 83.5 cm³/mol. The number of hydrogen-bond donors (Lipinski definition) is 1. The molecule has 3 heterocycles. The zero-order valence-corrected chi connectivity index (χ0v) is 13.1. The number of likely N-dealkylation sites (tertiary alicyclic amines) is 1. The first-order chi connectivity index (χ1) is 10.4. The molecule has 3 nitrogen and oxygen atoms in total. The van der Waals surface area contributed by atoms with E-state index < -0.39 is 12.6 Å². The molecule has 0 aliphatic carbocycles. The van der Waals surface area contributed by atoms with Crippen LogP contribution in [-0.4, -0.2) is 42.2 Å². The highest BCUT2D eigenvalue weighted by molar-refractivity contribution is 7.18. The Bertz CT molecular complexity index is 645. The van der Waals surface area contributed by atoms with Crippen molar-refractivity contribution in [2.45, 2.75) is 31.5 Å². The fourth-order valence-electron chi connectivity index (χ4n) is 2.81. The van der Waals surface area contributed by atoms with Gasteiger partial charge in [0.05, 0.1) is 22.3 Å². The van der Waals surface area contributed by atoms with Gasteiger partial charge in [0.25, 0.3) is 0 Å². The maximum Gasteiger partial charge on any atom is 0.393 e. The molecule has 0 spiro atoms. The number of piperidine rings is 1. The third-order valence-electron chi connectivity index (χ3n) is 4.00. The van der Waals surface area contributed by atoms with Crippen LogP contribution in [0.5, 0.6) is 0 Å². The lowest BCUT2D eigenvalue weighted by Crippen LogP contribution is -2.36. The smallest absolute Gasteiger partial charge is 0.381 e. The van der Waals surface area contributed by atoms with Crippen LogP contribution in [0.1, 0.15) is 18.4 Å². The average Bonchev–Trinajstić information content (AvgIpc) is 2.84. The van der Waals surface area contributed by atoms with Gasteiger partial charge in [0.15, 0.2) is 0 Å². The molecule has 0 unspecified atom stereocenters. The van der Waals surface area contributed by atoms with Crippen molar-refractivity contribution >= 4 is 27.2 Å². The Labute approximate surface area is 131 Å². The number of fused-ring (bicyclic) bond motifs is 1.